The van der Waals surface area contributed by atoms with Gasteiger partial charge < -0.3 is 15.2 Å². The fourth-order valence-electron chi connectivity index (χ4n) is 1.57. The molecular weight excluding hydrogens is 198 g/mol. The zero-order chi connectivity index (χ0) is 11.5. The molecule has 0 aliphatic heterocycles. The summed E-state index contributed by atoms with van der Waals surface area (Å²) >= 11 is 0. The molecule has 0 radical (unpaired) electrons. The third-order valence-corrected chi connectivity index (χ3v) is 2.68. The van der Waals surface area contributed by atoms with Gasteiger partial charge in [-0.25, -0.2) is 4.79 Å². The molecule has 0 spiro atoms. The van der Waals surface area contributed by atoms with E-state index < -0.39 is 17.5 Å². The molecule has 15 heavy (non-hydrogen) atoms. The molecule has 1 rings (SSSR count). The van der Waals surface area contributed by atoms with Gasteiger partial charge in [0, 0.05) is 6.54 Å². The van der Waals surface area contributed by atoms with Crippen LogP contribution in [-0.4, -0.2) is 29.8 Å². The van der Waals surface area contributed by atoms with Gasteiger partial charge in [0.25, 0.3) is 0 Å². The smallest absolute Gasteiger partial charge is 0.407 e. The number of carbonyl (C=O) groups is 2. The number of rotatable bonds is 4. The second-order valence-corrected chi connectivity index (χ2v) is 4.25. The summed E-state index contributed by atoms with van der Waals surface area (Å²) in [5.74, 6) is -0.835. The van der Waals surface area contributed by atoms with Crippen molar-refractivity contribution in [1.29, 1.82) is 0 Å². The van der Waals surface area contributed by atoms with Gasteiger partial charge in [0.2, 0.25) is 0 Å². The highest BCUT2D eigenvalue weighted by atomic mass is 16.6. The summed E-state index contributed by atoms with van der Waals surface area (Å²) in [6.45, 7) is 3.65. The van der Waals surface area contributed by atoms with Crippen LogP contribution in [0.25, 0.3) is 0 Å². The molecule has 1 saturated carbocycles. The van der Waals surface area contributed by atoms with Gasteiger partial charge in [-0.3, -0.25) is 4.79 Å². The van der Waals surface area contributed by atoms with Crippen LogP contribution in [0.1, 0.15) is 33.1 Å². The number of carboxylic acid groups (broad SMARTS) is 1. The van der Waals surface area contributed by atoms with Crippen molar-refractivity contribution in [1.82, 2.24) is 5.32 Å². The number of ether oxygens (including phenoxy) is 1. The van der Waals surface area contributed by atoms with Crippen molar-refractivity contribution in [2.45, 2.75) is 39.2 Å². The van der Waals surface area contributed by atoms with E-state index in [-0.39, 0.29) is 12.6 Å². The topological polar surface area (TPSA) is 75.6 Å². The molecule has 86 valence electrons. The van der Waals surface area contributed by atoms with E-state index in [1.807, 2.05) is 0 Å². The third kappa shape index (κ3) is 2.84. The van der Waals surface area contributed by atoms with E-state index >= 15 is 0 Å². The molecule has 0 bridgehead atoms. The Hall–Kier alpha value is -1.26. The summed E-state index contributed by atoms with van der Waals surface area (Å²) in [6.07, 6.45) is 1.44. The quantitative estimate of drug-likeness (QED) is 0.742. The minimum absolute atomic E-state index is 0.161. The molecule has 5 nitrogen and oxygen atoms in total. The van der Waals surface area contributed by atoms with Crippen molar-refractivity contribution in [3.05, 3.63) is 0 Å². The Balaban J connectivity index is 2.35. The van der Waals surface area contributed by atoms with Crippen LogP contribution in [-0.2, 0) is 9.53 Å². The minimum Gasteiger partial charge on any atom is -0.481 e. The highest BCUT2D eigenvalue weighted by molar-refractivity contribution is 5.77. The SMILES string of the molecule is CC(C)OC(=O)NCC1(C(=O)O)CCC1. The largest absolute Gasteiger partial charge is 0.481 e. The molecule has 0 unspecified atom stereocenters. The molecule has 1 aliphatic rings. The lowest BCUT2D eigenvalue weighted by Crippen LogP contribution is -2.47. The summed E-state index contributed by atoms with van der Waals surface area (Å²) in [7, 11) is 0. The molecule has 0 aromatic heterocycles. The van der Waals surface area contributed by atoms with Crippen molar-refractivity contribution in [3.8, 4) is 0 Å². The minimum atomic E-state index is -0.835. The highest BCUT2D eigenvalue weighted by Gasteiger charge is 2.44. The first-order valence-corrected chi connectivity index (χ1v) is 5.14. The Morgan fingerprint density at radius 3 is 2.40 bits per heavy atom. The van der Waals surface area contributed by atoms with Crippen molar-refractivity contribution in [2.75, 3.05) is 6.54 Å². The lowest BCUT2D eigenvalue weighted by atomic mass is 9.69. The van der Waals surface area contributed by atoms with E-state index in [4.69, 9.17) is 9.84 Å². The number of hydrogen-bond acceptors (Lipinski definition) is 3. The summed E-state index contributed by atoms with van der Waals surface area (Å²) < 4.78 is 4.85. The maximum atomic E-state index is 11.1. The number of amides is 1. The Morgan fingerprint density at radius 2 is 2.07 bits per heavy atom. The number of aliphatic carboxylic acids is 1. The number of nitrogens with one attached hydrogen (secondary N) is 1. The van der Waals surface area contributed by atoms with Gasteiger partial charge in [-0.2, -0.15) is 0 Å². The van der Waals surface area contributed by atoms with Crippen molar-refractivity contribution in [3.63, 3.8) is 0 Å². The number of hydrogen-bond donors (Lipinski definition) is 2. The molecule has 0 heterocycles. The maximum Gasteiger partial charge on any atom is 0.407 e. The summed E-state index contributed by atoms with van der Waals surface area (Å²) in [5, 5.41) is 11.5. The Kier molecular flexibility index (Phi) is 3.55. The van der Waals surface area contributed by atoms with Gasteiger partial charge in [-0.1, -0.05) is 6.42 Å². The van der Waals surface area contributed by atoms with Crippen LogP contribution >= 0.6 is 0 Å². The van der Waals surface area contributed by atoms with E-state index in [9.17, 15) is 9.59 Å². The Labute approximate surface area is 88.8 Å². The predicted octanol–water partition coefficient (Wildman–Crippen LogP) is 1.38. The van der Waals surface area contributed by atoms with E-state index in [1.165, 1.54) is 0 Å². The highest BCUT2D eigenvalue weighted by Crippen LogP contribution is 2.40. The first-order chi connectivity index (χ1) is 6.96. The van der Waals surface area contributed by atoms with Crippen LogP contribution in [0, 0.1) is 5.41 Å². The molecular formula is C10H17NO4. The van der Waals surface area contributed by atoms with E-state index in [2.05, 4.69) is 5.32 Å². The van der Waals surface area contributed by atoms with Crippen LogP contribution < -0.4 is 5.32 Å². The monoisotopic (exact) mass is 215 g/mol. The molecule has 1 fully saturated rings. The Bertz CT molecular complexity index is 258. The lowest BCUT2D eigenvalue weighted by molar-refractivity contribution is -0.153. The fraction of sp³-hybridized carbons (Fsp3) is 0.800. The first-order valence-electron chi connectivity index (χ1n) is 5.14. The van der Waals surface area contributed by atoms with Gasteiger partial charge >= 0.3 is 12.1 Å². The number of carboxylic acids is 1. The zero-order valence-electron chi connectivity index (χ0n) is 9.08. The summed E-state index contributed by atoms with van der Waals surface area (Å²) in [6, 6.07) is 0. The van der Waals surface area contributed by atoms with Crippen molar-refractivity contribution in [2.24, 2.45) is 5.41 Å². The molecule has 0 aromatic rings. The second-order valence-electron chi connectivity index (χ2n) is 4.25. The van der Waals surface area contributed by atoms with Gasteiger partial charge in [-0.05, 0) is 26.7 Å². The summed E-state index contributed by atoms with van der Waals surface area (Å²) in [4.78, 5) is 22.1. The third-order valence-electron chi connectivity index (χ3n) is 2.68. The predicted molar refractivity (Wildman–Crippen MR) is 53.5 cm³/mol. The Morgan fingerprint density at radius 1 is 1.47 bits per heavy atom. The van der Waals surface area contributed by atoms with Gasteiger partial charge in [-0.15, -0.1) is 0 Å². The lowest BCUT2D eigenvalue weighted by Gasteiger charge is -2.37. The standard InChI is InChI=1S/C10H17NO4/c1-7(2)15-9(14)11-6-10(8(12)13)4-3-5-10/h7H,3-6H2,1-2H3,(H,11,14)(H,12,13). The second kappa shape index (κ2) is 4.51. The van der Waals surface area contributed by atoms with Crippen LogP contribution in [0.4, 0.5) is 4.79 Å². The molecule has 5 heteroatoms. The number of alkyl carbamates (subject to hydrolysis) is 1. The maximum absolute atomic E-state index is 11.1. The number of carbonyl (C=O) groups excluding carboxylic acids is 1. The molecule has 0 saturated heterocycles. The average Bonchev–Trinajstić information content (AvgIpc) is 1.99. The molecule has 0 aromatic carbocycles. The van der Waals surface area contributed by atoms with E-state index in [1.54, 1.807) is 13.8 Å². The molecule has 1 amide bonds. The van der Waals surface area contributed by atoms with Crippen LogP contribution in [0.3, 0.4) is 0 Å². The van der Waals surface area contributed by atoms with Crippen molar-refractivity contribution < 1.29 is 19.4 Å². The molecule has 0 atom stereocenters. The summed E-state index contributed by atoms with van der Waals surface area (Å²) in [5.41, 5.74) is -0.754. The molecule has 2 N–H and O–H groups in total. The first kappa shape index (κ1) is 11.8. The van der Waals surface area contributed by atoms with Crippen LogP contribution in [0.2, 0.25) is 0 Å². The van der Waals surface area contributed by atoms with Gasteiger partial charge in [0.15, 0.2) is 0 Å². The van der Waals surface area contributed by atoms with E-state index in [0.717, 1.165) is 6.42 Å². The van der Waals surface area contributed by atoms with Crippen LogP contribution in [0.15, 0.2) is 0 Å². The average molecular weight is 215 g/mol. The van der Waals surface area contributed by atoms with E-state index in [0.29, 0.717) is 12.8 Å². The van der Waals surface area contributed by atoms with Gasteiger partial charge in [0.1, 0.15) is 0 Å². The van der Waals surface area contributed by atoms with Crippen molar-refractivity contribution >= 4 is 12.1 Å². The molecule has 1 aliphatic carbocycles. The normalized spacial score (nSPS) is 18.1. The zero-order valence-corrected chi connectivity index (χ0v) is 9.08. The van der Waals surface area contributed by atoms with Gasteiger partial charge in [0.05, 0.1) is 11.5 Å². The fourth-order valence-corrected chi connectivity index (χ4v) is 1.57. The van der Waals surface area contributed by atoms with Crippen LogP contribution in [0.5, 0.6) is 0 Å².